The largest absolute Gasteiger partial charge is 0.460 e. The molecule has 0 bridgehead atoms. The van der Waals surface area contributed by atoms with Gasteiger partial charge in [-0.25, -0.2) is 12.8 Å². The van der Waals surface area contributed by atoms with E-state index in [0.717, 1.165) is 12.8 Å². The Bertz CT molecular complexity index is 724. The topological polar surface area (TPSA) is 47.3 Å². The summed E-state index contributed by atoms with van der Waals surface area (Å²) in [6.45, 7) is 1.62. The number of aryl methyl sites for hydroxylation is 1. The molecule has 102 valence electrons. The zero-order valence-electron chi connectivity index (χ0n) is 10.6. The monoisotopic (exact) mass is 282 g/mol. The molecule has 3 nitrogen and oxygen atoms in total. The summed E-state index contributed by atoms with van der Waals surface area (Å²) in [6, 6.07) is 4.00. The van der Waals surface area contributed by atoms with Crippen LogP contribution in [0.25, 0.3) is 11.0 Å². The summed E-state index contributed by atoms with van der Waals surface area (Å²) < 4.78 is 44.1. The molecule has 0 spiro atoms. The average Bonchev–Trinajstić information content (AvgIpc) is 2.95. The van der Waals surface area contributed by atoms with Crippen LogP contribution in [0.15, 0.2) is 27.5 Å². The zero-order valence-corrected chi connectivity index (χ0v) is 11.5. The third-order valence-electron chi connectivity index (χ3n) is 3.79. The average molecular weight is 282 g/mol. The first-order chi connectivity index (χ1) is 9.00. The van der Waals surface area contributed by atoms with Gasteiger partial charge in [0, 0.05) is 5.39 Å². The fraction of sp³-hybridized carbons (Fsp3) is 0.429. The number of furan rings is 1. The molecule has 0 N–H and O–H groups in total. The van der Waals surface area contributed by atoms with E-state index < -0.39 is 15.7 Å². The normalized spacial score (nSPS) is 17.4. The second kappa shape index (κ2) is 4.34. The minimum Gasteiger partial charge on any atom is -0.460 e. The summed E-state index contributed by atoms with van der Waals surface area (Å²) in [7, 11) is -3.43. The minimum atomic E-state index is -3.43. The Balaban J connectivity index is 2.24. The standard InChI is InChI=1S/C14H15FO3S/c1-9-14(19(16,17)11-4-2-3-5-11)12-8-10(15)6-7-13(12)18-9/h6-8,11H,2-5H2,1H3. The highest BCUT2D eigenvalue weighted by Crippen LogP contribution is 2.36. The molecule has 0 radical (unpaired) electrons. The van der Waals surface area contributed by atoms with Crippen LogP contribution in [0.1, 0.15) is 31.4 Å². The molecule has 5 heteroatoms. The lowest BCUT2D eigenvalue weighted by Crippen LogP contribution is -2.18. The molecule has 19 heavy (non-hydrogen) atoms. The lowest BCUT2D eigenvalue weighted by atomic mass is 10.2. The van der Waals surface area contributed by atoms with E-state index in [9.17, 15) is 12.8 Å². The minimum absolute atomic E-state index is 0.175. The molecule has 3 rings (SSSR count). The van der Waals surface area contributed by atoms with Gasteiger partial charge in [-0.2, -0.15) is 0 Å². The van der Waals surface area contributed by atoms with Crippen LogP contribution in [0, 0.1) is 12.7 Å². The third-order valence-corrected chi connectivity index (χ3v) is 6.22. The number of sulfone groups is 1. The van der Waals surface area contributed by atoms with E-state index in [2.05, 4.69) is 0 Å². The zero-order chi connectivity index (χ0) is 13.6. The maximum Gasteiger partial charge on any atom is 0.185 e. The molecule has 2 aromatic rings. The van der Waals surface area contributed by atoms with Gasteiger partial charge in [0.25, 0.3) is 0 Å². The summed E-state index contributed by atoms with van der Waals surface area (Å²) in [5.74, 6) is -0.0938. The second-order valence-corrected chi connectivity index (χ2v) is 7.24. The highest BCUT2D eigenvalue weighted by molar-refractivity contribution is 7.92. The summed E-state index contributed by atoms with van der Waals surface area (Å²) >= 11 is 0. The SMILES string of the molecule is Cc1oc2ccc(F)cc2c1S(=O)(=O)C1CCCC1. The van der Waals surface area contributed by atoms with Crippen molar-refractivity contribution in [3.8, 4) is 0 Å². The molecule has 1 fully saturated rings. The number of fused-ring (bicyclic) bond motifs is 1. The number of rotatable bonds is 2. The highest BCUT2D eigenvalue weighted by atomic mass is 32.2. The van der Waals surface area contributed by atoms with Gasteiger partial charge >= 0.3 is 0 Å². The molecule has 1 aromatic heterocycles. The highest BCUT2D eigenvalue weighted by Gasteiger charge is 2.34. The van der Waals surface area contributed by atoms with Crippen molar-refractivity contribution in [3.63, 3.8) is 0 Å². The van der Waals surface area contributed by atoms with Crippen molar-refractivity contribution in [2.45, 2.75) is 42.8 Å². The summed E-state index contributed by atoms with van der Waals surface area (Å²) in [5, 5.41) is 0.0136. The van der Waals surface area contributed by atoms with Gasteiger partial charge in [0.1, 0.15) is 22.1 Å². The van der Waals surface area contributed by atoms with Gasteiger partial charge in [-0.05, 0) is 38.0 Å². The van der Waals surface area contributed by atoms with Crippen LogP contribution in [-0.4, -0.2) is 13.7 Å². The van der Waals surface area contributed by atoms with Gasteiger partial charge < -0.3 is 4.42 Å². The number of hydrogen-bond donors (Lipinski definition) is 0. The van der Waals surface area contributed by atoms with Crippen molar-refractivity contribution < 1.29 is 17.2 Å². The van der Waals surface area contributed by atoms with Crippen molar-refractivity contribution in [2.75, 3.05) is 0 Å². The fourth-order valence-electron chi connectivity index (χ4n) is 2.89. The molecule has 1 aromatic carbocycles. The summed E-state index contributed by atoms with van der Waals surface area (Å²) in [6.07, 6.45) is 3.24. The van der Waals surface area contributed by atoms with E-state index in [0.29, 0.717) is 29.6 Å². The molecule has 1 heterocycles. The van der Waals surface area contributed by atoms with Gasteiger partial charge in [0.15, 0.2) is 9.84 Å². The molecule has 1 saturated carbocycles. The molecule has 0 aliphatic heterocycles. The van der Waals surface area contributed by atoms with Crippen LogP contribution >= 0.6 is 0 Å². The van der Waals surface area contributed by atoms with Crippen molar-refractivity contribution in [3.05, 3.63) is 29.8 Å². The van der Waals surface area contributed by atoms with Crippen LogP contribution in [0.3, 0.4) is 0 Å². The van der Waals surface area contributed by atoms with Crippen LogP contribution in [0.5, 0.6) is 0 Å². The third kappa shape index (κ3) is 1.96. The van der Waals surface area contributed by atoms with Crippen molar-refractivity contribution in [1.82, 2.24) is 0 Å². The molecule has 1 aliphatic carbocycles. The van der Waals surface area contributed by atoms with Crippen LogP contribution < -0.4 is 0 Å². The van der Waals surface area contributed by atoms with E-state index >= 15 is 0 Å². The van der Waals surface area contributed by atoms with E-state index in [1.807, 2.05) is 0 Å². The Kier molecular flexibility index (Phi) is 2.89. The molecule has 0 atom stereocenters. The number of benzene rings is 1. The lowest BCUT2D eigenvalue weighted by Gasteiger charge is -2.10. The maximum absolute atomic E-state index is 13.4. The smallest absolute Gasteiger partial charge is 0.185 e. The Morgan fingerprint density at radius 2 is 1.95 bits per heavy atom. The number of halogens is 1. The predicted molar refractivity (Wildman–Crippen MR) is 70.4 cm³/mol. The Morgan fingerprint density at radius 1 is 1.26 bits per heavy atom. The number of hydrogen-bond acceptors (Lipinski definition) is 3. The van der Waals surface area contributed by atoms with Gasteiger partial charge in [-0.15, -0.1) is 0 Å². The molecule has 0 saturated heterocycles. The molecular weight excluding hydrogens is 267 g/mol. The second-order valence-electron chi connectivity index (χ2n) is 5.08. The lowest BCUT2D eigenvalue weighted by molar-refractivity contribution is 0.552. The first kappa shape index (κ1) is 12.7. The first-order valence-corrected chi connectivity index (χ1v) is 7.97. The summed E-state index contributed by atoms with van der Waals surface area (Å²) in [5.41, 5.74) is 0.426. The van der Waals surface area contributed by atoms with E-state index in [4.69, 9.17) is 4.42 Å². The Morgan fingerprint density at radius 3 is 2.63 bits per heavy atom. The molecule has 1 aliphatic rings. The van der Waals surface area contributed by atoms with Crippen LogP contribution in [-0.2, 0) is 9.84 Å². The molecular formula is C14H15FO3S. The Labute approximate surface area is 111 Å². The van der Waals surface area contributed by atoms with Crippen LogP contribution in [0.4, 0.5) is 4.39 Å². The molecule has 0 unspecified atom stereocenters. The van der Waals surface area contributed by atoms with Gasteiger partial charge in [0.2, 0.25) is 0 Å². The summed E-state index contributed by atoms with van der Waals surface area (Å²) in [4.78, 5) is 0.175. The molecule has 0 amide bonds. The van der Waals surface area contributed by atoms with Crippen molar-refractivity contribution in [2.24, 2.45) is 0 Å². The van der Waals surface area contributed by atoms with E-state index in [-0.39, 0.29) is 10.1 Å². The first-order valence-electron chi connectivity index (χ1n) is 6.42. The van der Waals surface area contributed by atoms with Gasteiger partial charge in [0.05, 0.1) is 5.25 Å². The van der Waals surface area contributed by atoms with Gasteiger partial charge in [-0.1, -0.05) is 12.8 Å². The van der Waals surface area contributed by atoms with Crippen molar-refractivity contribution in [1.29, 1.82) is 0 Å². The van der Waals surface area contributed by atoms with Gasteiger partial charge in [-0.3, -0.25) is 0 Å². The predicted octanol–water partition coefficient (Wildman–Crippen LogP) is 3.60. The van der Waals surface area contributed by atoms with E-state index in [1.54, 1.807) is 6.92 Å². The van der Waals surface area contributed by atoms with Crippen LogP contribution in [0.2, 0.25) is 0 Å². The maximum atomic E-state index is 13.4. The van der Waals surface area contributed by atoms with E-state index in [1.165, 1.54) is 18.2 Å². The fourth-order valence-corrected chi connectivity index (χ4v) is 5.08. The Hall–Kier alpha value is -1.36. The van der Waals surface area contributed by atoms with Crippen molar-refractivity contribution >= 4 is 20.8 Å². The quantitative estimate of drug-likeness (QED) is 0.845.